The fraction of sp³-hybridized carbons (Fsp3) is 0.350. The fourth-order valence-corrected chi connectivity index (χ4v) is 3.32. The van der Waals surface area contributed by atoms with Gasteiger partial charge in [-0.2, -0.15) is 5.10 Å². The van der Waals surface area contributed by atoms with E-state index >= 15 is 0 Å². The minimum absolute atomic E-state index is 0.122. The molecule has 29 heavy (non-hydrogen) atoms. The summed E-state index contributed by atoms with van der Waals surface area (Å²) in [6.45, 7) is 3.25. The first-order chi connectivity index (χ1) is 13.8. The number of hydrogen-bond donors (Lipinski definition) is 2. The van der Waals surface area contributed by atoms with Gasteiger partial charge in [-0.25, -0.2) is 13.5 Å². The first-order valence-corrected chi connectivity index (χ1v) is 9.08. The van der Waals surface area contributed by atoms with Crippen LogP contribution in [0.1, 0.15) is 24.2 Å². The molecule has 1 heterocycles. The molecule has 0 spiro atoms. The molecule has 0 unspecified atom stereocenters. The van der Waals surface area contributed by atoms with E-state index in [1.54, 1.807) is 26.0 Å². The van der Waals surface area contributed by atoms with E-state index in [0.29, 0.717) is 29.9 Å². The molecule has 3 rings (SSSR count). The summed E-state index contributed by atoms with van der Waals surface area (Å²) in [6, 6.07) is 2.99. The van der Waals surface area contributed by atoms with Gasteiger partial charge in [-0.05, 0) is 38.8 Å². The summed E-state index contributed by atoms with van der Waals surface area (Å²) < 4.78 is 33.5. The lowest BCUT2D eigenvalue weighted by molar-refractivity contribution is -0.146. The van der Waals surface area contributed by atoms with Crippen molar-refractivity contribution >= 4 is 17.6 Å². The van der Waals surface area contributed by atoms with Crippen LogP contribution in [0.5, 0.6) is 5.75 Å². The van der Waals surface area contributed by atoms with E-state index in [9.17, 15) is 23.5 Å². The highest BCUT2D eigenvalue weighted by Crippen LogP contribution is 2.29. The van der Waals surface area contributed by atoms with E-state index in [2.05, 4.69) is 10.4 Å². The maximum atomic E-state index is 13.7. The number of carboxylic acids is 1. The second-order valence-electron chi connectivity index (χ2n) is 6.88. The Labute approximate surface area is 166 Å². The van der Waals surface area contributed by atoms with E-state index in [4.69, 9.17) is 4.74 Å². The van der Waals surface area contributed by atoms with Crippen LogP contribution >= 0.6 is 0 Å². The highest BCUT2D eigenvalue weighted by atomic mass is 19.1. The Balaban J connectivity index is 1.72. The maximum Gasteiger partial charge on any atom is 0.307 e. The maximum absolute atomic E-state index is 13.7. The number of nitrogens with zero attached hydrogens (tertiary/aromatic N) is 2. The largest absolute Gasteiger partial charge is 0.481 e. The Hall–Kier alpha value is -3.23. The predicted octanol–water partition coefficient (Wildman–Crippen LogP) is 3.42. The first kappa shape index (κ1) is 20.5. The third-order valence-corrected chi connectivity index (χ3v) is 4.95. The summed E-state index contributed by atoms with van der Waals surface area (Å²) >= 11 is 0. The molecule has 0 fully saturated rings. The standard InChI is InChI=1S/C20H21F2N3O4/c1-11-18(23-19(26)14-5-3-4-6-15(14)20(27)28)12(2)25(24-11)10-29-17-8-7-13(21)9-16(17)22/h3-4,7-9,14-15H,5-6,10H2,1-2H3,(H,23,26)(H,27,28)/t14-,15+/m0/s1. The molecular weight excluding hydrogens is 384 g/mol. The average molecular weight is 405 g/mol. The topological polar surface area (TPSA) is 93.5 Å². The third kappa shape index (κ3) is 4.44. The third-order valence-electron chi connectivity index (χ3n) is 4.95. The van der Waals surface area contributed by atoms with Crippen molar-refractivity contribution in [3.8, 4) is 5.75 Å². The van der Waals surface area contributed by atoms with Crippen LogP contribution in [0.3, 0.4) is 0 Å². The summed E-state index contributed by atoms with van der Waals surface area (Å²) in [7, 11) is 0. The van der Waals surface area contributed by atoms with E-state index < -0.39 is 35.3 Å². The number of halogens is 2. The zero-order chi connectivity index (χ0) is 21.1. The summed E-state index contributed by atoms with van der Waals surface area (Å²) in [5.74, 6) is -4.51. The molecule has 0 radical (unpaired) electrons. The van der Waals surface area contributed by atoms with Gasteiger partial charge in [-0.15, -0.1) is 0 Å². The summed E-state index contributed by atoms with van der Waals surface area (Å²) in [5.41, 5.74) is 1.53. The number of benzene rings is 1. The molecule has 1 aromatic heterocycles. The minimum atomic E-state index is -1.01. The quantitative estimate of drug-likeness (QED) is 0.719. The van der Waals surface area contributed by atoms with E-state index in [0.717, 1.165) is 12.1 Å². The zero-order valence-corrected chi connectivity index (χ0v) is 16.0. The molecule has 7 nitrogen and oxygen atoms in total. The average Bonchev–Trinajstić information content (AvgIpc) is 2.94. The van der Waals surface area contributed by atoms with Crippen LogP contribution in [-0.4, -0.2) is 26.8 Å². The van der Waals surface area contributed by atoms with Gasteiger partial charge in [0.05, 0.1) is 28.9 Å². The van der Waals surface area contributed by atoms with Crippen LogP contribution in [0.25, 0.3) is 0 Å². The number of carboxylic acid groups (broad SMARTS) is 1. The second-order valence-corrected chi connectivity index (χ2v) is 6.88. The monoisotopic (exact) mass is 405 g/mol. The van der Waals surface area contributed by atoms with Gasteiger partial charge in [0.1, 0.15) is 5.82 Å². The van der Waals surface area contributed by atoms with Crippen molar-refractivity contribution in [1.29, 1.82) is 0 Å². The molecule has 1 aliphatic carbocycles. The number of nitrogens with one attached hydrogen (secondary N) is 1. The van der Waals surface area contributed by atoms with Crippen molar-refractivity contribution in [2.45, 2.75) is 33.4 Å². The second kappa shape index (κ2) is 8.42. The number of carbonyl (C=O) groups is 2. The highest BCUT2D eigenvalue weighted by molar-refractivity contribution is 5.96. The summed E-state index contributed by atoms with van der Waals surface area (Å²) in [4.78, 5) is 24.1. The number of hydrogen-bond acceptors (Lipinski definition) is 4. The van der Waals surface area contributed by atoms with Crippen molar-refractivity contribution in [3.63, 3.8) is 0 Å². The number of anilines is 1. The summed E-state index contributed by atoms with van der Waals surface area (Å²) in [5, 5.41) is 16.4. The zero-order valence-electron chi connectivity index (χ0n) is 16.0. The molecule has 0 bridgehead atoms. The van der Waals surface area contributed by atoms with Gasteiger partial charge in [0.25, 0.3) is 0 Å². The Kier molecular flexibility index (Phi) is 5.95. The molecule has 2 aromatic rings. The number of allylic oxidation sites excluding steroid dienone is 2. The van der Waals surface area contributed by atoms with E-state index in [1.807, 2.05) is 0 Å². The number of aliphatic carboxylic acids is 1. The number of aryl methyl sites for hydroxylation is 1. The Bertz CT molecular complexity index is 971. The van der Waals surface area contributed by atoms with Gasteiger partial charge < -0.3 is 15.2 Å². The smallest absolute Gasteiger partial charge is 0.307 e. The molecule has 1 aromatic carbocycles. The fourth-order valence-electron chi connectivity index (χ4n) is 3.32. The summed E-state index contributed by atoms with van der Waals surface area (Å²) in [6.07, 6.45) is 4.23. The molecule has 2 atom stereocenters. The lowest BCUT2D eigenvalue weighted by Gasteiger charge is -2.24. The van der Waals surface area contributed by atoms with Crippen LogP contribution < -0.4 is 10.1 Å². The lowest BCUT2D eigenvalue weighted by atomic mass is 9.82. The van der Waals surface area contributed by atoms with Crippen molar-refractivity contribution in [3.05, 3.63) is 53.4 Å². The normalized spacial score (nSPS) is 18.5. The van der Waals surface area contributed by atoms with Crippen LogP contribution in [0.15, 0.2) is 30.4 Å². The molecule has 1 amide bonds. The van der Waals surface area contributed by atoms with Gasteiger partial charge >= 0.3 is 5.97 Å². The Morgan fingerprint density at radius 3 is 2.59 bits per heavy atom. The minimum Gasteiger partial charge on any atom is -0.481 e. The van der Waals surface area contributed by atoms with Gasteiger partial charge in [-0.1, -0.05) is 12.2 Å². The number of carbonyl (C=O) groups excluding carboxylic acids is 1. The van der Waals surface area contributed by atoms with Gasteiger partial charge in [-0.3, -0.25) is 9.59 Å². The van der Waals surface area contributed by atoms with Crippen LogP contribution in [-0.2, 0) is 16.3 Å². The van der Waals surface area contributed by atoms with Crippen molar-refractivity contribution in [2.24, 2.45) is 11.8 Å². The number of aromatic nitrogens is 2. The van der Waals surface area contributed by atoms with Gasteiger partial charge in [0, 0.05) is 6.07 Å². The van der Waals surface area contributed by atoms with Crippen molar-refractivity contribution in [1.82, 2.24) is 9.78 Å². The molecule has 1 aliphatic rings. The molecule has 154 valence electrons. The predicted molar refractivity (Wildman–Crippen MR) is 100 cm³/mol. The van der Waals surface area contributed by atoms with E-state index in [-0.39, 0.29) is 12.5 Å². The number of amides is 1. The molecular formula is C20H21F2N3O4. The van der Waals surface area contributed by atoms with E-state index in [1.165, 1.54) is 10.7 Å². The Morgan fingerprint density at radius 1 is 1.24 bits per heavy atom. The molecule has 2 N–H and O–H groups in total. The van der Waals surface area contributed by atoms with Crippen molar-refractivity contribution in [2.75, 3.05) is 5.32 Å². The number of rotatable bonds is 6. The first-order valence-electron chi connectivity index (χ1n) is 9.08. The molecule has 9 heteroatoms. The molecule has 0 saturated heterocycles. The van der Waals surface area contributed by atoms with Crippen LogP contribution in [0.4, 0.5) is 14.5 Å². The van der Waals surface area contributed by atoms with Crippen LogP contribution in [0.2, 0.25) is 0 Å². The number of ether oxygens (including phenoxy) is 1. The van der Waals surface area contributed by atoms with Crippen LogP contribution in [0, 0.1) is 37.3 Å². The SMILES string of the molecule is Cc1nn(COc2ccc(F)cc2F)c(C)c1NC(=O)[C@H]1CC=CC[C@H]1C(=O)O. The molecule has 0 saturated carbocycles. The highest BCUT2D eigenvalue weighted by Gasteiger charge is 2.34. The van der Waals surface area contributed by atoms with Gasteiger partial charge in [0.15, 0.2) is 18.3 Å². The Morgan fingerprint density at radius 2 is 1.93 bits per heavy atom. The van der Waals surface area contributed by atoms with Gasteiger partial charge in [0.2, 0.25) is 5.91 Å². The molecule has 0 aliphatic heterocycles. The lowest BCUT2D eigenvalue weighted by Crippen LogP contribution is -2.35. The van der Waals surface area contributed by atoms with Crippen molar-refractivity contribution < 1.29 is 28.2 Å².